The van der Waals surface area contributed by atoms with Gasteiger partial charge in [0, 0.05) is 30.3 Å². The number of fused-ring (bicyclic) bond motifs is 1. The van der Waals surface area contributed by atoms with Crippen LogP contribution in [0.2, 0.25) is 5.02 Å². The van der Waals surface area contributed by atoms with E-state index in [1.54, 1.807) is 16.8 Å². The first-order valence-electron chi connectivity index (χ1n) is 6.84. The van der Waals surface area contributed by atoms with Gasteiger partial charge in [0.25, 0.3) is 5.69 Å². The molecule has 0 atom stereocenters. The van der Waals surface area contributed by atoms with Crippen LogP contribution < -0.4 is 0 Å². The molecule has 4 nitrogen and oxygen atoms in total. The molecule has 0 aliphatic heterocycles. The van der Waals surface area contributed by atoms with E-state index in [2.05, 4.69) is 0 Å². The number of benzene rings is 2. The molecule has 0 spiro atoms. The summed E-state index contributed by atoms with van der Waals surface area (Å²) in [6.45, 7) is 0.305. The van der Waals surface area contributed by atoms with Crippen LogP contribution in [0.4, 0.5) is 18.9 Å². The molecule has 0 N–H and O–H groups in total. The Bertz CT molecular complexity index is 917. The third kappa shape index (κ3) is 3.07. The number of halogens is 4. The predicted octanol–water partition coefficient (Wildman–Crippen LogP) is 5.27. The number of alkyl halides is 3. The van der Waals surface area contributed by atoms with Gasteiger partial charge in [-0.15, -0.1) is 0 Å². The number of aromatic nitrogens is 1. The second kappa shape index (κ2) is 5.83. The van der Waals surface area contributed by atoms with Gasteiger partial charge in [-0.3, -0.25) is 10.1 Å². The first-order chi connectivity index (χ1) is 11.3. The van der Waals surface area contributed by atoms with E-state index in [0.29, 0.717) is 23.0 Å². The lowest BCUT2D eigenvalue weighted by molar-refractivity contribution is -0.384. The standard InChI is InChI=1S/C16H10ClF3N2O2/c17-14-8-13(22(23)24)7-11-5-6-21(15(11)14)9-10-1-3-12(4-2-10)16(18,19)20/h1-8H,9H2. The average Bonchev–Trinajstić information content (AvgIpc) is 2.90. The fourth-order valence-electron chi connectivity index (χ4n) is 2.51. The number of rotatable bonds is 3. The maximum Gasteiger partial charge on any atom is 0.416 e. The summed E-state index contributed by atoms with van der Waals surface area (Å²) in [5.41, 5.74) is 0.439. The lowest BCUT2D eigenvalue weighted by atomic mass is 10.1. The quantitative estimate of drug-likeness (QED) is 0.475. The highest BCUT2D eigenvalue weighted by molar-refractivity contribution is 6.35. The number of hydrogen-bond acceptors (Lipinski definition) is 2. The fraction of sp³-hybridized carbons (Fsp3) is 0.125. The number of nitro benzene ring substituents is 1. The number of hydrogen-bond donors (Lipinski definition) is 0. The van der Waals surface area contributed by atoms with Crippen molar-refractivity contribution in [1.82, 2.24) is 4.57 Å². The van der Waals surface area contributed by atoms with Crippen molar-refractivity contribution in [1.29, 1.82) is 0 Å². The molecule has 3 aromatic rings. The Hall–Kier alpha value is -2.54. The maximum absolute atomic E-state index is 12.6. The second-order valence-corrected chi connectivity index (χ2v) is 5.67. The van der Waals surface area contributed by atoms with Gasteiger partial charge in [0.1, 0.15) is 0 Å². The lowest BCUT2D eigenvalue weighted by Crippen LogP contribution is -2.05. The number of nitrogens with zero attached hydrogens (tertiary/aromatic N) is 2. The van der Waals surface area contributed by atoms with Gasteiger partial charge in [-0.25, -0.2) is 0 Å². The molecular weight excluding hydrogens is 345 g/mol. The summed E-state index contributed by atoms with van der Waals surface area (Å²) in [7, 11) is 0. The third-order valence-electron chi connectivity index (χ3n) is 3.64. The smallest absolute Gasteiger partial charge is 0.342 e. The average molecular weight is 355 g/mol. The normalized spacial score (nSPS) is 11.8. The SMILES string of the molecule is O=[N+]([O-])c1cc(Cl)c2c(ccn2Cc2ccc(C(F)(F)F)cc2)c1. The van der Waals surface area contributed by atoms with Gasteiger partial charge in [0.2, 0.25) is 0 Å². The van der Waals surface area contributed by atoms with Crippen molar-refractivity contribution in [3.8, 4) is 0 Å². The minimum Gasteiger partial charge on any atom is -0.342 e. The van der Waals surface area contributed by atoms with Crippen LogP contribution in [0.3, 0.4) is 0 Å². The van der Waals surface area contributed by atoms with Crippen LogP contribution in [0.5, 0.6) is 0 Å². The van der Waals surface area contributed by atoms with E-state index >= 15 is 0 Å². The molecular formula is C16H10ClF3N2O2. The molecule has 1 heterocycles. The maximum atomic E-state index is 12.6. The molecule has 0 radical (unpaired) electrons. The third-order valence-corrected chi connectivity index (χ3v) is 3.93. The zero-order valence-corrected chi connectivity index (χ0v) is 12.8. The van der Waals surface area contributed by atoms with Crippen molar-refractivity contribution in [2.24, 2.45) is 0 Å². The van der Waals surface area contributed by atoms with Crippen molar-refractivity contribution < 1.29 is 18.1 Å². The number of non-ortho nitro benzene ring substituents is 1. The lowest BCUT2D eigenvalue weighted by Gasteiger charge is -2.10. The number of nitro groups is 1. The van der Waals surface area contributed by atoms with E-state index in [1.165, 1.54) is 24.3 Å². The van der Waals surface area contributed by atoms with E-state index in [-0.39, 0.29) is 10.7 Å². The van der Waals surface area contributed by atoms with Crippen molar-refractivity contribution in [3.05, 3.63) is 74.9 Å². The highest BCUT2D eigenvalue weighted by Gasteiger charge is 2.29. The summed E-state index contributed by atoms with van der Waals surface area (Å²) in [6.07, 6.45) is -2.68. The van der Waals surface area contributed by atoms with Gasteiger partial charge < -0.3 is 4.57 Å². The molecule has 24 heavy (non-hydrogen) atoms. The van der Waals surface area contributed by atoms with E-state index in [1.807, 2.05) is 0 Å². The molecule has 1 aromatic heterocycles. The minimum atomic E-state index is -4.37. The van der Waals surface area contributed by atoms with Crippen LogP contribution in [-0.4, -0.2) is 9.49 Å². The summed E-state index contributed by atoms with van der Waals surface area (Å²) >= 11 is 6.13. The Kier molecular flexibility index (Phi) is 3.96. The van der Waals surface area contributed by atoms with Crippen LogP contribution in [0, 0.1) is 10.1 Å². The molecule has 2 aromatic carbocycles. The van der Waals surface area contributed by atoms with Crippen LogP contribution in [0.15, 0.2) is 48.7 Å². The first kappa shape index (κ1) is 16.3. The molecule has 0 aliphatic rings. The van der Waals surface area contributed by atoms with Crippen LogP contribution >= 0.6 is 11.6 Å². The van der Waals surface area contributed by atoms with Crippen LogP contribution in [-0.2, 0) is 12.7 Å². The van der Waals surface area contributed by atoms with Gasteiger partial charge in [0.15, 0.2) is 0 Å². The fourth-order valence-corrected chi connectivity index (χ4v) is 2.84. The topological polar surface area (TPSA) is 48.1 Å². The zero-order valence-electron chi connectivity index (χ0n) is 12.0. The molecule has 124 valence electrons. The summed E-state index contributed by atoms with van der Waals surface area (Å²) in [5.74, 6) is 0. The highest BCUT2D eigenvalue weighted by atomic mass is 35.5. The van der Waals surface area contributed by atoms with Crippen molar-refractivity contribution >= 4 is 28.2 Å². The largest absolute Gasteiger partial charge is 0.416 e. The zero-order chi connectivity index (χ0) is 17.5. The van der Waals surface area contributed by atoms with E-state index in [4.69, 9.17) is 11.6 Å². The van der Waals surface area contributed by atoms with Crippen molar-refractivity contribution in [2.75, 3.05) is 0 Å². The van der Waals surface area contributed by atoms with Gasteiger partial charge in [-0.05, 0) is 23.8 Å². The van der Waals surface area contributed by atoms with Gasteiger partial charge in [0.05, 0.1) is 21.0 Å². The summed E-state index contributed by atoms with van der Waals surface area (Å²) in [6, 6.07) is 9.18. The Morgan fingerprint density at radius 2 is 1.79 bits per heavy atom. The van der Waals surface area contributed by atoms with Gasteiger partial charge in [-0.1, -0.05) is 23.7 Å². The Labute approximate surface area is 139 Å². The molecule has 0 aliphatic carbocycles. The van der Waals surface area contributed by atoms with E-state index in [0.717, 1.165) is 12.1 Å². The van der Waals surface area contributed by atoms with Crippen LogP contribution in [0.25, 0.3) is 10.9 Å². The summed E-state index contributed by atoms with van der Waals surface area (Å²) < 4.78 is 39.5. The molecule has 0 unspecified atom stereocenters. The molecule has 0 saturated carbocycles. The molecule has 0 fully saturated rings. The van der Waals surface area contributed by atoms with E-state index < -0.39 is 16.7 Å². The van der Waals surface area contributed by atoms with Crippen molar-refractivity contribution in [2.45, 2.75) is 12.7 Å². The Morgan fingerprint density at radius 1 is 1.12 bits per heavy atom. The second-order valence-electron chi connectivity index (χ2n) is 5.26. The summed E-state index contributed by atoms with van der Waals surface area (Å²) in [4.78, 5) is 10.3. The molecule has 0 amide bonds. The Morgan fingerprint density at radius 3 is 2.38 bits per heavy atom. The Balaban J connectivity index is 1.95. The monoisotopic (exact) mass is 354 g/mol. The predicted molar refractivity (Wildman–Crippen MR) is 84.1 cm³/mol. The summed E-state index contributed by atoms with van der Waals surface area (Å²) in [5, 5.41) is 11.7. The van der Waals surface area contributed by atoms with Crippen molar-refractivity contribution in [3.63, 3.8) is 0 Å². The molecule has 0 saturated heterocycles. The highest BCUT2D eigenvalue weighted by Crippen LogP contribution is 2.31. The molecule has 0 bridgehead atoms. The van der Waals surface area contributed by atoms with Gasteiger partial charge in [-0.2, -0.15) is 13.2 Å². The molecule has 8 heteroatoms. The van der Waals surface area contributed by atoms with E-state index in [9.17, 15) is 23.3 Å². The molecule has 3 rings (SSSR count). The first-order valence-corrected chi connectivity index (χ1v) is 7.22. The minimum absolute atomic E-state index is 0.111. The van der Waals surface area contributed by atoms with Crippen LogP contribution in [0.1, 0.15) is 11.1 Å². The van der Waals surface area contributed by atoms with Gasteiger partial charge >= 0.3 is 6.18 Å².